The van der Waals surface area contributed by atoms with Crippen LogP contribution in [0.5, 0.6) is 0 Å². The van der Waals surface area contributed by atoms with Crippen LogP contribution < -0.4 is 16.8 Å². The van der Waals surface area contributed by atoms with Crippen molar-refractivity contribution < 1.29 is 86.8 Å². The van der Waals surface area contributed by atoms with Crippen molar-refractivity contribution in [2.24, 2.45) is 34.1 Å². The number of nitrogens with two attached hydrogens (primary N) is 2. The van der Waals surface area contributed by atoms with Crippen LogP contribution in [0.4, 0.5) is 4.79 Å². The Kier molecular flexibility index (Phi) is 14.1. The second-order valence-corrected chi connectivity index (χ2v) is 19.9. The maximum Gasteiger partial charge on any atom is 0.408 e. The minimum Gasteiger partial charge on any atom is -0.455 e. The molecule has 8 N–H and O–H groups in total. The first kappa shape index (κ1) is 50.9. The lowest BCUT2D eigenvalue weighted by atomic mass is 9.44. The summed E-state index contributed by atoms with van der Waals surface area (Å²) in [6.07, 6.45) is -11.9. The summed E-state index contributed by atoms with van der Waals surface area (Å²) >= 11 is 0. The fourth-order valence-electron chi connectivity index (χ4n) is 10.2. The first-order valence-electron chi connectivity index (χ1n) is 22.1. The summed E-state index contributed by atoms with van der Waals surface area (Å²) in [5.74, 6) is -9.55. The lowest BCUT2D eigenvalue weighted by Gasteiger charge is -2.67. The van der Waals surface area contributed by atoms with Crippen LogP contribution >= 0.6 is 0 Å². The predicted molar refractivity (Wildman–Crippen MR) is 228 cm³/mol. The van der Waals surface area contributed by atoms with Gasteiger partial charge in [-0.25, -0.2) is 19.2 Å². The SMILES string of the molecule is CC(=O)O[C@@]12CO[C@@H]1C[C@H](O)[C@@]1(C)C(=O)[C@H](O)C3=C(C)[C@@H](OC(=O)[C@H](OC(=O)COC(=O)C[C@H](N)C(N)=O)[C@@H](NC(=O)OC(C)(C)C)C4CC4)C[C@@](O)([C@@H](OC(=O)c4ccccc4)[C@H]21)C3(C)C. The molecule has 1 saturated heterocycles. The van der Waals surface area contributed by atoms with Gasteiger partial charge in [0.25, 0.3) is 0 Å². The van der Waals surface area contributed by atoms with Gasteiger partial charge < -0.3 is 65.3 Å². The van der Waals surface area contributed by atoms with Crippen LogP contribution in [0.25, 0.3) is 0 Å². The fraction of sp³-hybridized carbons (Fsp3) is 0.652. The normalized spacial score (nSPS) is 32.1. The number of ether oxygens (including phenoxy) is 7. The Morgan fingerprint density at radius 1 is 0.985 bits per heavy atom. The third-order valence-corrected chi connectivity index (χ3v) is 13.9. The van der Waals surface area contributed by atoms with E-state index in [1.54, 1.807) is 39.0 Å². The van der Waals surface area contributed by atoms with E-state index >= 15 is 4.79 Å². The molecule has 1 aromatic rings. The van der Waals surface area contributed by atoms with E-state index in [0.29, 0.717) is 12.8 Å². The van der Waals surface area contributed by atoms with E-state index in [1.807, 2.05) is 0 Å². The molecule has 1 aliphatic heterocycles. The number of hydrogen-bond donors (Lipinski definition) is 6. The van der Waals surface area contributed by atoms with Crippen molar-refractivity contribution in [1.82, 2.24) is 5.32 Å². The Morgan fingerprint density at radius 3 is 2.18 bits per heavy atom. The monoisotopic (exact) mass is 943 g/mol. The molecule has 21 heteroatoms. The zero-order chi connectivity index (χ0) is 49.8. The third-order valence-electron chi connectivity index (χ3n) is 13.9. The summed E-state index contributed by atoms with van der Waals surface area (Å²) < 4.78 is 40.3. The highest BCUT2D eigenvalue weighted by atomic mass is 16.6. The number of Topliss-reactive ketones (excluding diaryl/α,β-unsaturated/α-hetero) is 1. The highest BCUT2D eigenvalue weighted by molar-refractivity contribution is 5.94. The van der Waals surface area contributed by atoms with Crippen molar-refractivity contribution in [2.75, 3.05) is 13.2 Å². The van der Waals surface area contributed by atoms with E-state index in [4.69, 9.17) is 44.6 Å². The number of alkyl carbamates (subject to hydrolysis) is 1. The quantitative estimate of drug-likeness (QED) is 0.0845. The number of fused-ring (bicyclic) bond motifs is 5. The Balaban J connectivity index is 1.45. The van der Waals surface area contributed by atoms with Gasteiger partial charge in [0.15, 0.2) is 18.0 Å². The number of carbonyl (C=O) groups is 8. The predicted octanol–water partition coefficient (Wildman–Crippen LogP) is 0.594. The van der Waals surface area contributed by atoms with Gasteiger partial charge in [-0.1, -0.05) is 32.0 Å². The number of rotatable bonds is 14. The average Bonchev–Trinajstić information content (AvgIpc) is 4.08. The molecule has 0 unspecified atom stereocenters. The first-order chi connectivity index (χ1) is 31.1. The molecule has 2 amide bonds. The summed E-state index contributed by atoms with van der Waals surface area (Å²) in [4.78, 5) is 107. The van der Waals surface area contributed by atoms with E-state index in [0.717, 1.165) is 6.92 Å². The summed E-state index contributed by atoms with van der Waals surface area (Å²) in [7, 11) is 0. The fourth-order valence-corrected chi connectivity index (χ4v) is 10.2. The van der Waals surface area contributed by atoms with Gasteiger partial charge in [-0.2, -0.15) is 0 Å². The van der Waals surface area contributed by atoms with Gasteiger partial charge in [0.05, 0.1) is 48.1 Å². The van der Waals surface area contributed by atoms with Crippen LogP contribution in [-0.2, 0) is 61.9 Å². The van der Waals surface area contributed by atoms with Crippen molar-refractivity contribution in [3.05, 3.63) is 47.0 Å². The zero-order valence-corrected chi connectivity index (χ0v) is 38.7. The maximum atomic E-state index is 15.1. The smallest absolute Gasteiger partial charge is 0.408 e. The van der Waals surface area contributed by atoms with Crippen LogP contribution in [0.15, 0.2) is 41.5 Å². The van der Waals surface area contributed by atoms with E-state index in [2.05, 4.69) is 5.32 Å². The van der Waals surface area contributed by atoms with Gasteiger partial charge in [-0.15, -0.1) is 0 Å². The number of benzene rings is 1. The number of carbonyl (C=O) groups excluding carboxylic acids is 8. The number of nitrogens with one attached hydrogen (secondary N) is 1. The highest BCUT2D eigenvalue weighted by Crippen LogP contribution is 2.64. The number of hydrogen-bond acceptors (Lipinski definition) is 19. The van der Waals surface area contributed by atoms with Gasteiger partial charge in [0.2, 0.25) is 12.0 Å². The highest BCUT2D eigenvalue weighted by Gasteiger charge is 2.78. The molecule has 0 radical (unpaired) electrons. The van der Waals surface area contributed by atoms with Gasteiger partial charge >= 0.3 is 35.9 Å². The molecular formula is C46H61N3O18. The molecule has 12 atom stereocenters. The minimum atomic E-state index is -2.47. The topological polar surface area (TPSA) is 326 Å². The van der Waals surface area contributed by atoms with Crippen molar-refractivity contribution in [2.45, 2.75) is 153 Å². The zero-order valence-electron chi connectivity index (χ0n) is 38.7. The Hall–Kier alpha value is -5.48. The molecule has 21 nitrogen and oxygen atoms in total. The van der Waals surface area contributed by atoms with Crippen LogP contribution in [0.3, 0.4) is 0 Å². The van der Waals surface area contributed by atoms with E-state index in [9.17, 15) is 48.9 Å². The number of esters is 5. The van der Waals surface area contributed by atoms with Gasteiger partial charge in [-0.05, 0) is 76.7 Å². The van der Waals surface area contributed by atoms with Crippen LogP contribution in [0, 0.1) is 22.7 Å². The molecule has 1 heterocycles. The van der Waals surface area contributed by atoms with Gasteiger partial charge in [0, 0.05) is 25.2 Å². The number of primary amides is 1. The molecule has 4 aliphatic carbocycles. The lowest BCUT2D eigenvalue weighted by Crippen LogP contribution is -2.81. The summed E-state index contributed by atoms with van der Waals surface area (Å²) in [5, 5.41) is 40.4. The van der Waals surface area contributed by atoms with Crippen molar-refractivity contribution in [3.63, 3.8) is 0 Å². The number of aliphatic hydroxyl groups is 3. The van der Waals surface area contributed by atoms with Crippen molar-refractivity contribution in [3.8, 4) is 0 Å². The summed E-state index contributed by atoms with van der Waals surface area (Å²) in [5.41, 5.74) is 1.50. The molecule has 2 bridgehead atoms. The van der Waals surface area contributed by atoms with Crippen LogP contribution in [-0.4, -0.2) is 142 Å². The van der Waals surface area contributed by atoms with E-state index in [1.165, 1.54) is 39.8 Å². The van der Waals surface area contributed by atoms with Crippen molar-refractivity contribution in [1.29, 1.82) is 0 Å². The molecule has 67 heavy (non-hydrogen) atoms. The largest absolute Gasteiger partial charge is 0.455 e. The molecule has 1 aromatic carbocycles. The Morgan fingerprint density at radius 2 is 1.63 bits per heavy atom. The molecule has 4 fully saturated rings. The summed E-state index contributed by atoms with van der Waals surface area (Å²) in [6.45, 7) is 10.3. The number of ketones is 1. The second kappa shape index (κ2) is 18.5. The van der Waals surface area contributed by atoms with Crippen LogP contribution in [0.2, 0.25) is 0 Å². The second-order valence-electron chi connectivity index (χ2n) is 19.9. The van der Waals surface area contributed by atoms with Crippen molar-refractivity contribution >= 4 is 47.6 Å². The molecular weight excluding hydrogens is 883 g/mol. The molecule has 6 rings (SSSR count). The summed E-state index contributed by atoms with van der Waals surface area (Å²) in [6, 6.07) is 4.95. The number of amides is 2. The lowest BCUT2D eigenvalue weighted by molar-refractivity contribution is -0.346. The average molecular weight is 944 g/mol. The molecule has 368 valence electrons. The van der Waals surface area contributed by atoms with Crippen LogP contribution in [0.1, 0.15) is 97.9 Å². The molecule has 5 aliphatic rings. The van der Waals surface area contributed by atoms with Gasteiger partial charge in [-0.3, -0.25) is 19.2 Å². The standard InChI is InChI=1S/C46H61N3O18/c1-21-26(63-40(58)34(32(23-14-15-23)49-41(59)67-42(3,4)5)64-30(53)19-61-29(52)16-25(47)38(48)56)18-46(60)37(65-39(57)24-12-10-9-11-13-24)35-44(8,36(55)33(54)31(21)43(46,6)7)27(51)17-28-45(35,20-62-28)66-22(2)50/h9-13,23,25-28,32-35,37,51,54,60H,14-20,47H2,1-8H3,(H2,48,56)(H,49,59)/t25-,26-,27-,28+,32-,33+,34+,35-,37-,44+,45-,46+/m0/s1. The van der Waals surface area contributed by atoms with E-state index < -0.39 is 155 Å². The van der Waals surface area contributed by atoms with Gasteiger partial charge in [0.1, 0.15) is 35.6 Å². The number of aliphatic hydroxyl groups excluding tert-OH is 2. The van der Waals surface area contributed by atoms with E-state index in [-0.39, 0.29) is 29.7 Å². The minimum absolute atomic E-state index is 0.0266. The molecule has 0 spiro atoms. The molecule has 0 aromatic heterocycles. The Bertz CT molecular complexity index is 2200. The molecule has 3 saturated carbocycles. The first-order valence-corrected chi connectivity index (χ1v) is 22.1. The third kappa shape index (κ3) is 9.65. The Labute approximate surface area is 386 Å². The maximum absolute atomic E-state index is 15.1.